The maximum absolute atomic E-state index is 12.2. The van der Waals surface area contributed by atoms with E-state index < -0.39 is 10.0 Å². The van der Waals surface area contributed by atoms with Crippen LogP contribution < -0.4 is 14.8 Å². The van der Waals surface area contributed by atoms with Gasteiger partial charge in [0.15, 0.2) is 0 Å². The Morgan fingerprint density at radius 1 is 1.37 bits per heavy atom. The zero-order chi connectivity index (χ0) is 13.9. The van der Waals surface area contributed by atoms with Crippen LogP contribution in [0.25, 0.3) is 0 Å². The fourth-order valence-electron chi connectivity index (χ4n) is 2.08. The summed E-state index contributed by atoms with van der Waals surface area (Å²) in [7, 11) is -1.87. The molecule has 0 aromatic heterocycles. The number of sulfonamides is 1. The summed E-state index contributed by atoms with van der Waals surface area (Å²) in [6.45, 7) is 1.46. The number of hydrogen-bond donors (Lipinski definition) is 2. The Labute approximate surface area is 118 Å². The third-order valence-electron chi connectivity index (χ3n) is 3.14. The number of anilines is 1. The molecule has 0 spiro atoms. The highest BCUT2D eigenvalue weighted by Gasteiger charge is 2.27. The van der Waals surface area contributed by atoms with Crippen molar-refractivity contribution in [1.82, 2.24) is 5.32 Å². The normalized spacial score (nSPS) is 17.2. The zero-order valence-electron chi connectivity index (χ0n) is 10.6. The summed E-state index contributed by atoms with van der Waals surface area (Å²) in [6.07, 6.45) is 1.25. The van der Waals surface area contributed by atoms with Gasteiger partial charge in [0.05, 0.1) is 23.1 Å². The molecule has 1 heterocycles. The van der Waals surface area contributed by atoms with Gasteiger partial charge in [0, 0.05) is 6.07 Å². The molecule has 0 amide bonds. The van der Waals surface area contributed by atoms with Crippen LogP contribution in [0.4, 0.5) is 5.69 Å². The molecule has 1 saturated heterocycles. The smallest absolute Gasteiger partial charge is 0.235 e. The first kappa shape index (κ1) is 14.4. The van der Waals surface area contributed by atoms with Crippen molar-refractivity contribution in [1.29, 1.82) is 0 Å². The van der Waals surface area contributed by atoms with Crippen molar-refractivity contribution in [3.63, 3.8) is 0 Å². The molecule has 0 bridgehead atoms. The second-order valence-corrected chi connectivity index (χ2v) is 6.81. The summed E-state index contributed by atoms with van der Waals surface area (Å²) in [5, 5.41) is 3.25. The number of methoxy groups -OCH3 is 1. The molecule has 1 fully saturated rings. The maximum atomic E-state index is 12.2. The monoisotopic (exact) mass is 304 g/mol. The summed E-state index contributed by atoms with van der Waals surface area (Å²) in [6, 6.07) is 4.82. The predicted octanol–water partition coefficient (Wildman–Crippen LogP) is 1.84. The Bertz CT molecular complexity index is 542. The molecule has 5 nitrogen and oxygen atoms in total. The molecule has 7 heteroatoms. The first-order chi connectivity index (χ1) is 9.03. The summed E-state index contributed by atoms with van der Waals surface area (Å²) < 4.78 is 32.1. The summed E-state index contributed by atoms with van der Waals surface area (Å²) in [5.74, 6) is 0.451. The highest BCUT2D eigenvalue weighted by atomic mass is 35.5. The number of benzene rings is 1. The Hall–Kier alpha value is -0.980. The van der Waals surface area contributed by atoms with E-state index in [0.717, 1.165) is 13.1 Å². The molecule has 0 saturated carbocycles. The van der Waals surface area contributed by atoms with Crippen LogP contribution in [0.2, 0.25) is 5.02 Å². The number of piperidine rings is 1. The third-order valence-corrected chi connectivity index (χ3v) is 5.32. The second kappa shape index (κ2) is 5.98. The number of nitrogens with one attached hydrogen (secondary N) is 2. The van der Waals surface area contributed by atoms with E-state index in [4.69, 9.17) is 16.3 Å². The van der Waals surface area contributed by atoms with Gasteiger partial charge in [0.25, 0.3) is 0 Å². The van der Waals surface area contributed by atoms with Gasteiger partial charge in [0.1, 0.15) is 5.75 Å². The van der Waals surface area contributed by atoms with Gasteiger partial charge in [-0.05, 0) is 38.1 Å². The average molecular weight is 305 g/mol. The Morgan fingerprint density at radius 3 is 2.68 bits per heavy atom. The lowest BCUT2D eigenvalue weighted by Crippen LogP contribution is -2.38. The minimum absolute atomic E-state index is 0.351. The molecule has 106 valence electrons. The predicted molar refractivity (Wildman–Crippen MR) is 76.4 cm³/mol. The average Bonchev–Trinajstić information content (AvgIpc) is 2.42. The van der Waals surface area contributed by atoms with Gasteiger partial charge in [-0.2, -0.15) is 0 Å². The summed E-state index contributed by atoms with van der Waals surface area (Å²) >= 11 is 5.91. The van der Waals surface area contributed by atoms with Crippen molar-refractivity contribution in [2.45, 2.75) is 18.1 Å². The molecule has 0 radical (unpaired) electrons. The zero-order valence-corrected chi connectivity index (χ0v) is 12.2. The Balaban J connectivity index is 2.15. The van der Waals surface area contributed by atoms with Crippen molar-refractivity contribution < 1.29 is 13.2 Å². The highest BCUT2D eigenvalue weighted by molar-refractivity contribution is 7.93. The molecule has 1 aromatic carbocycles. The topological polar surface area (TPSA) is 67.4 Å². The number of hydrogen-bond acceptors (Lipinski definition) is 4. The van der Waals surface area contributed by atoms with E-state index in [1.807, 2.05) is 0 Å². The van der Waals surface area contributed by atoms with Crippen LogP contribution in [0.5, 0.6) is 5.75 Å². The molecular weight excluding hydrogens is 288 g/mol. The fraction of sp³-hybridized carbons (Fsp3) is 0.500. The van der Waals surface area contributed by atoms with Crippen LogP contribution in [0, 0.1) is 0 Å². The van der Waals surface area contributed by atoms with E-state index in [-0.39, 0.29) is 5.25 Å². The lowest BCUT2D eigenvalue weighted by molar-refractivity contribution is 0.415. The largest absolute Gasteiger partial charge is 0.495 e. The molecule has 19 heavy (non-hydrogen) atoms. The maximum Gasteiger partial charge on any atom is 0.235 e. The van der Waals surface area contributed by atoms with Crippen LogP contribution in [0.3, 0.4) is 0 Å². The van der Waals surface area contributed by atoms with Crippen molar-refractivity contribution in [3.8, 4) is 5.75 Å². The van der Waals surface area contributed by atoms with Crippen LogP contribution in [0.15, 0.2) is 18.2 Å². The molecule has 2 rings (SSSR count). The van der Waals surface area contributed by atoms with E-state index in [9.17, 15) is 8.42 Å². The molecule has 0 atom stereocenters. The van der Waals surface area contributed by atoms with Gasteiger partial charge in [0.2, 0.25) is 10.0 Å². The van der Waals surface area contributed by atoms with Crippen molar-refractivity contribution in [2.75, 3.05) is 24.9 Å². The van der Waals surface area contributed by atoms with E-state index >= 15 is 0 Å². The van der Waals surface area contributed by atoms with E-state index in [1.165, 1.54) is 7.11 Å². The van der Waals surface area contributed by atoms with Gasteiger partial charge >= 0.3 is 0 Å². The minimum atomic E-state index is -3.36. The Morgan fingerprint density at radius 2 is 2.05 bits per heavy atom. The number of rotatable bonds is 4. The van der Waals surface area contributed by atoms with Crippen molar-refractivity contribution in [3.05, 3.63) is 23.2 Å². The van der Waals surface area contributed by atoms with Crippen LogP contribution in [-0.2, 0) is 10.0 Å². The first-order valence-corrected chi connectivity index (χ1v) is 8.01. The molecule has 1 aliphatic rings. The molecule has 1 aliphatic heterocycles. The van der Waals surface area contributed by atoms with Gasteiger partial charge in [-0.3, -0.25) is 4.72 Å². The number of halogens is 1. The van der Waals surface area contributed by atoms with Gasteiger partial charge in [-0.25, -0.2) is 8.42 Å². The molecular formula is C12H17ClN2O3S. The standard InChI is InChI=1S/C12H17ClN2O3S/c1-18-12-8-9(2-3-11(12)13)15-19(16,17)10-4-6-14-7-5-10/h2-3,8,10,14-15H,4-7H2,1H3. The van der Waals surface area contributed by atoms with Gasteiger partial charge in [-0.1, -0.05) is 11.6 Å². The van der Waals surface area contributed by atoms with E-state index in [2.05, 4.69) is 10.0 Å². The van der Waals surface area contributed by atoms with Crippen LogP contribution in [-0.4, -0.2) is 33.9 Å². The van der Waals surface area contributed by atoms with E-state index in [1.54, 1.807) is 18.2 Å². The molecule has 0 aliphatic carbocycles. The fourth-order valence-corrected chi connectivity index (χ4v) is 3.75. The summed E-state index contributed by atoms with van der Waals surface area (Å²) in [5.41, 5.74) is 0.472. The quantitative estimate of drug-likeness (QED) is 0.891. The molecule has 0 unspecified atom stereocenters. The lowest BCUT2D eigenvalue weighted by atomic mass is 10.2. The number of ether oxygens (including phenoxy) is 1. The van der Waals surface area contributed by atoms with Crippen LogP contribution in [0.1, 0.15) is 12.8 Å². The molecule has 2 N–H and O–H groups in total. The lowest BCUT2D eigenvalue weighted by Gasteiger charge is -2.23. The van der Waals surface area contributed by atoms with Crippen molar-refractivity contribution >= 4 is 27.3 Å². The van der Waals surface area contributed by atoms with Crippen LogP contribution >= 0.6 is 11.6 Å². The van der Waals surface area contributed by atoms with Gasteiger partial charge in [-0.15, -0.1) is 0 Å². The minimum Gasteiger partial charge on any atom is -0.495 e. The van der Waals surface area contributed by atoms with Gasteiger partial charge < -0.3 is 10.1 Å². The first-order valence-electron chi connectivity index (χ1n) is 6.09. The third kappa shape index (κ3) is 3.52. The highest BCUT2D eigenvalue weighted by Crippen LogP contribution is 2.28. The Kier molecular flexibility index (Phi) is 4.54. The van der Waals surface area contributed by atoms with E-state index in [0.29, 0.717) is 29.3 Å². The second-order valence-electron chi connectivity index (χ2n) is 4.45. The molecule has 1 aromatic rings. The van der Waals surface area contributed by atoms with Crippen molar-refractivity contribution in [2.24, 2.45) is 0 Å². The summed E-state index contributed by atoms with van der Waals surface area (Å²) in [4.78, 5) is 0. The SMILES string of the molecule is COc1cc(NS(=O)(=O)C2CCNCC2)ccc1Cl.